The predicted molar refractivity (Wildman–Crippen MR) is 105 cm³/mol. The monoisotopic (exact) mass is 386 g/mol. The molecule has 146 valence electrons. The number of benzene rings is 3. The topological polar surface area (TPSA) is 55.1 Å². The lowest BCUT2D eigenvalue weighted by Crippen LogP contribution is -2.34. The Morgan fingerprint density at radius 1 is 1.07 bits per heavy atom. The molecule has 0 radical (unpaired) electrons. The summed E-state index contributed by atoms with van der Waals surface area (Å²) in [7, 11) is 0. The van der Waals surface area contributed by atoms with E-state index in [9.17, 15) is 18.0 Å². The van der Waals surface area contributed by atoms with Gasteiger partial charge in [0, 0.05) is 11.6 Å². The summed E-state index contributed by atoms with van der Waals surface area (Å²) in [6, 6.07) is 16.0. The van der Waals surface area contributed by atoms with Gasteiger partial charge in [-0.2, -0.15) is 13.2 Å². The van der Waals surface area contributed by atoms with Gasteiger partial charge < -0.3 is 11.1 Å². The fourth-order valence-corrected chi connectivity index (χ4v) is 3.14. The molecule has 3 nitrogen and oxygen atoms in total. The summed E-state index contributed by atoms with van der Waals surface area (Å²) in [5.74, 6) is -0.178. The van der Waals surface area contributed by atoms with Gasteiger partial charge in [0.2, 0.25) is 0 Å². The second-order valence-corrected chi connectivity index (χ2v) is 6.77. The first-order valence-electron chi connectivity index (χ1n) is 9.01. The highest BCUT2D eigenvalue weighted by molar-refractivity contribution is 6.02. The van der Waals surface area contributed by atoms with Crippen molar-refractivity contribution in [2.45, 2.75) is 25.6 Å². The van der Waals surface area contributed by atoms with E-state index in [-0.39, 0.29) is 11.9 Å². The third-order valence-corrected chi connectivity index (χ3v) is 4.64. The standard InChI is InChI=1S/C22H21F3N2O/c1-14(11-12-26)27-21(28)17-7-10-20-16(13-17)3-2-4-19(20)15-5-8-18(9-6-15)22(23,24)25/h2-10,13-14H,11-12,26H2,1H3,(H,27,28). The number of alkyl halides is 3. The third kappa shape index (κ3) is 4.34. The van der Waals surface area contributed by atoms with E-state index in [1.165, 1.54) is 12.1 Å². The van der Waals surface area contributed by atoms with Crippen molar-refractivity contribution >= 4 is 16.7 Å². The Labute approximate surface area is 161 Å². The van der Waals surface area contributed by atoms with E-state index >= 15 is 0 Å². The Kier molecular flexibility index (Phi) is 5.70. The van der Waals surface area contributed by atoms with Gasteiger partial charge in [0.05, 0.1) is 5.56 Å². The number of nitrogens with two attached hydrogens (primary N) is 1. The molecule has 1 atom stereocenters. The lowest BCUT2D eigenvalue weighted by atomic mass is 9.96. The second kappa shape index (κ2) is 8.02. The van der Waals surface area contributed by atoms with Gasteiger partial charge in [-0.05, 0) is 66.1 Å². The molecule has 0 saturated carbocycles. The number of carbonyl (C=O) groups excluding carboxylic acids is 1. The Bertz CT molecular complexity index is 981. The highest BCUT2D eigenvalue weighted by Gasteiger charge is 2.30. The van der Waals surface area contributed by atoms with Crippen LogP contribution in [0.15, 0.2) is 60.7 Å². The number of fused-ring (bicyclic) bond motifs is 1. The minimum atomic E-state index is -4.36. The summed E-state index contributed by atoms with van der Waals surface area (Å²) < 4.78 is 38.4. The second-order valence-electron chi connectivity index (χ2n) is 6.77. The minimum absolute atomic E-state index is 0.0216. The number of carbonyl (C=O) groups is 1. The first-order chi connectivity index (χ1) is 13.3. The molecule has 0 aliphatic heterocycles. The number of rotatable bonds is 5. The maximum Gasteiger partial charge on any atom is 0.416 e. The molecular formula is C22H21F3N2O. The third-order valence-electron chi connectivity index (χ3n) is 4.64. The van der Waals surface area contributed by atoms with Crippen molar-refractivity contribution in [3.8, 4) is 11.1 Å². The smallest absolute Gasteiger partial charge is 0.350 e. The van der Waals surface area contributed by atoms with Crippen molar-refractivity contribution in [3.63, 3.8) is 0 Å². The molecule has 0 aromatic heterocycles. The Balaban J connectivity index is 1.93. The number of amides is 1. The van der Waals surface area contributed by atoms with Gasteiger partial charge in [-0.3, -0.25) is 4.79 Å². The summed E-state index contributed by atoms with van der Waals surface area (Å²) in [6.45, 7) is 2.39. The van der Waals surface area contributed by atoms with Crippen LogP contribution in [0.4, 0.5) is 13.2 Å². The van der Waals surface area contributed by atoms with Crippen LogP contribution in [0.1, 0.15) is 29.3 Å². The summed E-state index contributed by atoms with van der Waals surface area (Å²) in [5.41, 5.74) is 6.86. The van der Waals surface area contributed by atoms with E-state index in [0.717, 1.165) is 28.5 Å². The molecule has 0 heterocycles. The van der Waals surface area contributed by atoms with Crippen molar-refractivity contribution < 1.29 is 18.0 Å². The molecule has 3 aromatic carbocycles. The van der Waals surface area contributed by atoms with Gasteiger partial charge in [0.1, 0.15) is 0 Å². The first kappa shape index (κ1) is 19.9. The van der Waals surface area contributed by atoms with Gasteiger partial charge in [-0.15, -0.1) is 0 Å². The van der Waals surface area contributed by atoms with Crippen LogP contribution in [0.3, 0.4) is 0 Å². The largest absolute Gasteiger partial charge is 0.416 e. The highest BCUT2D eigenvalue weighted by Crippen LogP contribution is 2.33. The van der Waals surface area contributed by atoms with Crippen molar-refractivity contribution in [2.75, 3.05) is 6.54 Å². The lowest BCUT2D eigenvalue weighted by Gasteiger charge is -2.14. The van der Waals surface area contributed by atoms with Crippen LogP contribution < -0.4 is 11.1 Å². The fraction of sp³-hybridized carbons (Fsp3) is 0.227. The fourth-order valence-electron chi connectivity index (χ4n) is 3.14. The van der Waals surface area contributed by atoms with E-state index < -0.39 is 11.7 Å². The molecule has 3 aromatic rings. The molecule has 0 fully saturated rings. The van der Waals surface area contributed by atoms with Crippen LogP contribution in [0.2, 0.25) is 0 Å². The maximum absolute atomic E-state index is 12.8. The lowest BCUT2D eigenvalue weighted by molar-refractivity contribution is -0.137. The molecule has 6 heteroatoms. The molecule has 3 N–H and O–H groups in total. The van der Waals surface area contributed by atoms with Crippen LogP contribution in [-0.4, -0.2) is 18.5 Å². The Morgan fingerprint density at radius 2 is 1.79 bits per heavy atom. The van der Waals surface area contributed by atoms with Crippen molar-refractivity contribution in [1.29, 1.82) is 0 Å². The van der Waals surface area contributed by atoms with E-state index in [4.69, 9.17) is 5.73 Å². The summed E-state index contributed by atoms with van der Waals surface area (Å²) in [5, 5.41) is 4.62. The summed E-state index contributed by atoms with van der Waals surface area (Å²) >= 11 is 0. The summed E-state index contributed by atoms with van der Waals surface area (Å²) in [4.78, 5) is 12.4. The van der Waals surface area contributed by atoms with Crippen molar-refractivity contribution in [2.24, 2.45) is 5.73 Å². The molecule has 0 aliphatic carbocycles. The van der Waals surface area contributed by atoms with Gasteiger partial charge in [-0.25, -0.2) is 0 Å². The zero-order valence-electron chi connectivity index (χ0n) is 15.4. The minimum Gasteiger partial charge on any atom is -0.350 e. The quantitative estimate of drug-likeness (QED) is 0.649. The van der Waals surface area contributed by atoms with Gasteiger partial charge in [0.15, 0.2) is 0 Å². The number of nitrogens with one attached hydrogen (secondary N) is 1. The van der Waals surface area contributed by atoms with E-state index in [1.54, 1.807) is 12.1 Å². The van der Waals surface area contributed by atoms with Crippen molar-refractivity contribution in [1.82, 2.24) is 5.32 Å². The number of halogens is 3. The zero-order valence-corrected chi connectivity index (χ0v) is 15.4. The maximum atomic E-state index is 12.8. The number of hydrogen-bond donors (Lipinski definition) is 2. The van der Waals surface area contributed by atoms with Gasteiger partial charge in [0.25, 0.3) is 5.91 Å². The molecule has 0 spiro atoms. The zero-order chi connectivity index (χ0) is 20.3. The number of hydrogen-bond acceptors (Lipinski definition) is 2. The van der Waals surface area contributed by atoms with Gasteiger partial charge in [-0.1, -0.05) is 36.4 Å². The molecule has 1 unspecified atom stereocenters. The van der Waals surface area contributed by atoms with E-state index in [2.05, 4.69) is 5.32 Å². The highest BCUT2D eigenvalue weighted by atomic mass is 19.4. The van der Waals surface area contributed by atoms with E-state index in [1.807, 2.05) is 31.2 Å². The average molecular weight is 386 g/mol. The van der Waals surface area contributed by atoms with Crippen LogP contribution in [0.5, 0.6) is 0 Å². The van der Waals surface area contributed by atoms with Crippen molar-refractivity contribution in [3.05, 3.63) is 71.8 Å². The molecule has 0 aliphatic rings. The van der Waals surface area contributed by atoms with Gasteiger partial charge >= 0.3 is 6.18 Å². The first-order valence-corrected chi connectivity index (χ1v) is 9.01. The summed E-state index contributed by atoms with van der Waals surface area (Å²) in [6.07, 6.45) is -3.67. The Morgan fingerprint density at radius 3 is 2.43 bits per heavy atom. The molecule has 28 heavy (non-hydrogen) atoms. The Hall–Kier alpha value is -2.86. The molecule has 0 bridgehead atoms. The molecular weight excluding hydrogens is 365 g/mol. The van der Waals surface area contributed by atoms with Crippen LogP contribution in [0, 0.1) is 0 Å². The van der Waals surface area contributed by atoms with Crippen LogP contribution in [0.25, 0.3) is 21.9 Å². The van der Waals surface area contributed by atoms with Crippen LogP contribution >= 0.6 is 0 Å². The van der Waals surface area contributed by atoms with E-state index in [0.29, 0.717) is 24.1 Å². The molecule has 3 rings (SSSR count). The average Bonchev–Trinajstić information content (AvgIpc) is 2.66. The predicted octanol–water partition coefficient (Wildman–Crippen LogP) is 4.99. The normalized spacial score (nSPS) is 12.8. The van der Waals surface area contributed by atoms with Crippen LogP contribution in [-0.2, 0) is 6.18 Å². The molecule has 1 amide bonds. The molecule has 0 saturated heterocycles. The SMILES string of the molecule is CC(CCN)NC(=O)c1ccc2c(-c3ccc(C(F)(F)F)cc3)cccc2c1.